The molecule has 7 nitrogen and oxygen atoms in total. The van der Waals surface area contributed by atoms with E-state index in [1.165, 1.54) is 4.68 Å². The van der Waals surface area contributed by atoms with Crippen LogP contribution in [0.15, 0.2) is 63.0 Å². The molecule has 0 saturated heterocycles. The summed E-state index contributed by atoms with van der Waals surface area (Å²) in [5, 5.41) is 15.3. The Labute approximate surface area is 186 Å². The number of hydrogen-bond acceptors (Lipinski definition) is 4. The molecule has 1 N–H and O–H groups in total. The number of carboxylic acids is 1. The summed E-state index contributed by atoms with van der Waals surface area (Å²) in [6.45, 7) is 3.65. The maximum absolute atomic E-state index is 13.2. The summed E-state index contributed by atoms with van der Waals surface area (Å²) in [6, 6.07) is 12.2. The van der Waals surface area contributed by atoms with Crippen molar-refractivity contribution in [3.63, 3.8) is 0 Å². The fraction of sp³-hybridized carbons (Fsp3) is 0.217. The average molecular weight is 481 g/mol. The van der Waals surface area contributed by atoms with Crippen LogP contribution < -0.4 is 5.56 Å². The van der Waals surface area contributed by atoms with Crippen molar-refractivity contribution in [3.8, 4) is 0 Å². The minimum Gasteiger partial charge on any atom is -0.480 e. The molecule has 0 spiro atoms. The highest BCUT2D eigenvalue weighted by Gasteiger charge is 2.17. The normalized spacial score (nSPS) is 12.7. The van der Waals surface area contributed by atoms with Gasteiger partial charge in [0.2, 0.25) is 0 Å². The Morgan fingerprint density at radius 2 is 2.03 bits per heavy atom. The van der Waals surface area contributed by atoms with Crippen LogP contribution in [-0.2, 0) is 11.2 Å². The summed E-state index contributed by atoms with van der Waals surface area (Å²) in [5.41, 5.74) is 1.91. The van der Waals surface area contributed by atoms with E-state index >= 15 is 0 Å². The molecule has 1 atom stereocenters. The van der Waals surface area contributed by atoms with E-state index in [0.29, 0.717) is 23.1 Å². The lowest BCUT2D eigenvalue weighted by molar-refractivity contribution is -0.140. The number of carbonyl (C=O) groups is 1. The first kappa shape index (κ1) is 21.0. The van der Waals surface area contributed by atoms with Gasteiger partial charge in [0.05, 0.1) is 17.1 Å². The van der Waals surface area contributed by atoms with Gasteiger partial charge in [-0.3, -0.25) is 4.79 Å². The highest BCUT2D eigenvalue weighted by molar-refractivity contribution is 9.10. The molecule has 2 aromatic carbocycles. The van der Waals surface area contributed by atoms with Crippen LogP contribution >= 0.6 is 15.9 Å². The van der Waals surface area contributed by atoms with E-state index in [9.17, 15) is 14.7 Å². The summed E-state index contributed by atoms with van der Waals surface area (Å²) in [5.74, 6) is -0.337. The number of rotatable bonds is 6. The molecule has 2 aromatic heterocycles. The number of aromatic nitrogens is 3. The standard InChI is InChI=1S/C23H21BrN4O3/c1-3-6-21-26-19-10-9-16(24)11-18(19)22(29)28(21)25-12-15-13-27(14(2)23(30)31)20-8-5-4-7-17(15)20/h4-5,7-14H,3,6H2,1-2H3,(H,30,31)/t14-/m0/s1. The number of carboxylic acid groups (broad SMARTS) is 1. The molecule has 8 heteroatoms. The Hall–Kier alpha value is -3.26. The Bertz CT molecular complexity index is 1390. The fourth-order valence-electron chi connectivity index (χ4n) is 3.59. The van der Waals surface area contributed by atoms with E-state index in [1.54, 1.807) is 30.0 Å². The van der Waals surface area contributed by atoms with Gasteiger partial charge in [0.1, 0.15) is 11.9 Å². The lowest BCUT2D eigenvalue weighted by Gasteiger charge is -2.09. The molecular weight excluding hydrogens is 460 g/mol. The number of hydrogen-bond donors (Lipinski definition) is 1. The second-order valence-corrected chi connectivity index (χ2v) is 8.24. The van der Waals surface area contributed by atoms with Crippen LogP contribution in [0.4, 0.5) is 0 Å². The molecule has 0 aliphatic rings. The number of nitrogens with zero attached hydrogens (tertiary/aromatic N) is 4. The molecule has 2 heterocycles. The van der Waals surface area contributed by atoms with E-state index < -0.39 is 12.0 Å². The number of halogens is 1. The molecule has 0 radical (unpaired) electrons. The van der Waals surface area contributed by atoms with Crippen molar-refractivity contribution in [2.24, 2.45) is 5.10 Å². The van der Waals surface area contributed by atoms with Gasteiger partial charge in [0.25, 0.3) is 5.56 Å². The van der Waals surface area contributed by atoms with Gasteiger partial charge in [0, 0.05) is 33.6 Å². The highest BCUT2D eigenvalue weighted by Crippen LogP contribution is 2.24. The molecule has 4 rings (SSSR count). The largest absolute Gasteiger partial charge is 0.480 e. The van der Waals surface area contributed by atoms with Crippen LogP contribution in [0.2, 0.25) is 0 Å². The molecule has 0 saturated carbocycles. The van der Waals surface area contributed by atoms with E-state index in [-0.39, 0.29) is 5.56 Å². The summed E-state index contributed by atoms with van der Waals surface area (Å²) in [7, 11) is 0. The first-order chi connectivity index (χ1) is 14.9. The zero-order valence-electron chi connectivity index (χ0n) is 17.1. The second-order valence-electron chi connectivity index (χ2n) is 7.32. The quantitative estimate of drug-likeness (QED) is 0.408. The minimum atomic E-state index is -0.921. The van der Waals surface area contributed by atoms with Crippen molar-refractivity contribution in [2.45, 2.75) is 32.7 Å². The lowest BCUT2D eigenvalue weighted by Crippen LogP contribution is -2.22. The molecule has 0 aliphatic heterocycles. The number of para-hydroxylation sites is 1. The van der Waals surface area contributed by atoms with Crippen LogP contribution in [0.1, 0.15) is 37.7 Å². The third-order valence-electron chi connectivity index (χ3n) is 5.21. The number of aliphatic carboxylic acids is 1. The van der Waals surface area contributed by atoms with Crippen LogP contribution in [0, 0.1) is 0 Å². The van der Waals surface area contributed by atoms with Gasteiger partial charge in [0.15, 0.2) is 0 Å². The van der Waals surface area contributed by atoms with Crippen molar-refractivity contribution < 1.29 is 9.90 Å². The number of benzene rings is 2. The summed E-state index contributed by atoms with van der Waals surface area (Å²) in [6.07, 6.45) is 4.78. The zero-order chi connectivity index (χ0) is 22.1. The van der Waals surface area contributed by atoms with Crippen molar-refractivity contribution in [1.29, 1.82) is 0 Å². The lowest BCUT2D eigenvalue weighted by atomic mass is 10.2. The maximum Gasteiger partial charge on any atom is 0.326 e. The van der Waals surface area contributed by atoms with Gasteiger partial charge in [-0.15, -0.1) is 0 Å². The minimum absolute atomic E-state index is 0.242. The van der Waals surface area contributed by atoms with Gasteiger partial charge >= 0.3 is 5.97 Å². The molecule has 0 unspecified atom stereocenters. The van der Waals surface area contributed by atoms with Gasteiger partial charge in [-0.2, -0.15) is 9.78 Å². The van der Waals surface area contributed by atoms with Crippen molar-refractivity contribution >= 4 is 49.9 Å². The maximum atomic E-state index is 13.2. The molecular formula is C23H21BrN4O3. The average Bonchev–Trinajstić information content (AvgIpc) is 3.12. The van der Waals surface area contributed by atoms with Gasteiger partial charge in [-0.1, -0.05) is 41.1 Å². The summed E-state index contributed by atoms with van der Waals surface area (Å²) < 4.78 is 3.83. The Morgan fingerprint density at radius 1 is 1.26 bits per heavy atom. The number of aryl methyl sites for hydroxylation is 1. The third-order valence-corrected chi connectivity index (χ3v) is 5.70. The van der Waals surface area contributed by atoms with Crippen LogP contribution in [0.5, 0.6) is 0 Å². The Kier molecular flexibility index (Phi) is 5.73. The van der Waals surface area contributed by atoms with Crippen LogP contribution in [-0.4, -0.2) is 31.5 Å². The molecule has 4 aromatic rings. The van der Waals surface area contributed by atoms with Crippen LogP contribution in [0.25, 0.3) is 21.8 Å². The monoisotopic (exact) mass is 480 g/mol. The smallest absolute Gasteiger partial charge is 0.326 e. The van der Waals surface area contributed by atoms with E-state index in [1.807, 2.05) is 43.3 Å². The van der Waals surface area contributed by atoms with Crippen LogP contribution in [0.3, 0.4) is 0 Å². The molecule has 0 amide bonds. The zero-order valence-corrected chi connectivity index (χ0v) is 18.7. The van der Waals surface area contributed by atoms with Crippen molar-refractivity contribution in [1.82, 2.24) is 14.2 Å². The topological polar surface area (TPSA) is 89.5 Å². The summed E-state index contributed by atoms with van der Waals surface area (Å²) >= 11 is 3.41. The Morgan fingerprint density at radius 3 is 2.77 bits per heavy atom. The fourth-order valence-corrected chi connectivity index (χ4v) is 3.95. The Balaban J connectivity index is 1.88. The predicted octanol–water partition coefficient (Wildman–Crippen LogP) is 4.59. The van der Waals surface area contributed by atoms with E-state index in [4.69, 9.17) is 0 Å². The van der Waals surface area contributed by atoms with Crippen molar-refractivity contribution in [2.75, 3.05) is 0 Å². The highest BCUT2D eigenvalue weighted by atomic mass is 79.9. The summed E-state index contributed by atoms with van der Waals surface area (Å²) in [4.78, 5) is 29.3. The predicted molar refractivity (Wildman–Crippen MR) is 125 cm³/mol. The number of fused-ring (bicyclic) bond motifs is 2. The van der Waals surface area contributed by atoms with E-state index in [2.05, 4.69) is 26.0 Å². The molecule has 0 fully saturated rings. The molecule has 31 heavy (non-hydrogen) atoms. The van der Waals surface area contributed by atoms with Gasteiger partial charge in [-0.05, 0) is 37.6 Å². The molecule has 158 valence electrons. The second kappa shape index (κ2) is 8.47. The van der Waals surface area contributed by atoms with E-state index in [0.717, 1.165) is 27.4 Å². The molecule has 0 bridgehead atoms. The first-order valence-electron chi connectivity index (χ1n) is 9.98. The SMILES string of the molecule is CCCc1nc2ccc(Br)cc2c(=O)n1N=Cc1cn([C@@H](C)C(=O)O)c2ccccc12. The molecule has 0 aliphatic carbocycles. The first-order valence-corrected chi connectivity index (χ1v) is 10.8. The van der Waals surface area contributed by atoms with Gasteiger partial charge < -0.3 is 9.67 Å². The third kappa shape index (κ3) is 3.90. The van der Waals surface area contributed by atoms with Gasteiger partial charge in [-0.25, -0.2) is 9.78 Å². The van der Waals surface area contributed by atoms with Crippen molar-refractivity contribution in [3.05, 3.63) is 74.9 Å².